The van der Waals surface area contributed by atoms with E-state index in [-0.39, 0.29) is 12.2 Å². The summed E-state index contributed by atoms with van der Waals surface area (Å²) in [6.45, 7) is 1.07. The summed E-state index contributed by atoms with van der Waals surface area (Å²) >= 11 is 0. The second-order valence-corrected chi connectivity index (χ2v) is 6.06. The van der Waals surface area contributed by atoms with Crippen molar-refractivity contribution >= 4 is 16.1 Å². The zero-order valence-corrected chi connectivity index (χ0v) is 12.7. The molecule has 124 valence electrons. The van der Waals surface area contributed by atoms with Crippen molar-refractivity contribution in [2.45, 2.75) is 19.0 Å². The predicted molar refractivity (Wildman–Crippen MR) is 71.6 cm³/mol. The fourth-order valence-electron chi connectivity index (χ4n) is 1.64. The quantitative estimate of drug-likeness (QED) is 0.587. The van der Waals surface area contributed by atoms with Gasteiger partial charge in [0.25, 0.3) is 10.1 Å². The Labute approximate surface area is 126 Å². The summed E-state index contributed by atoms with van der Waals surface area (Å²) in [4.78, 5) is 11.8. The number of hydrogen-bond donors (Lipinski definition) is 0. The van der Waals surface area contributed by atoms with Gasteiger partial charge in [-0.2, -0.15) is 21.6 Å². The third-order valence-corrected chi connectivity index (χ3v) is 3.22. The van der Waals surface area contributed by atoms with Crippen LogP contribution in [-0.4, -0.2) is 33.9 Å². The highest BCUT2D eigenvalue weighted by molar-refractivity contribution is 7.85. The Hall–Kier alpha value is -1.61. The lowest BCUT2D eigenvalue weighted by Crippen LogP contribution is -2.22. The molecule has 0 saturated heterocycles. The third-order valence-electron chi connectivity index (χ3n) is 2.66. The number of rotatable bonds is 6. The molecule has 0 aliphatic heterocycles. The van der Waals surface area contributed by atoms with Gasteiger partial charge in [-0.05, 0) is 24.6 Å². The van der Waals surface area contributed by atoms with Crippen LogP contribution in [0.15, 0.2) is 24.3 Å². The van der Waals surface area contributed by atoms with E-state index in [0.29, 0.717) is 0 Å². The lowest BCUT2D eigenvalue weighted by Gasteiger charge is -2.16. The average Bonchev–Trinajstić information content (AvgIpc) is 2.37. The van der Waals surface area contributed by atoms with Crippen molar-refractivity contribution in [3.63, 3.8) is 0 Å². The van der Waals surface area contributed by atoms with Crippen molar-refractivity contribution in [3.8, 4) is 0 Å². The number of benzene rings is 1. The molecule has 0 aromatic heterocycles. The van der Waals surface area contributed by atoms with Gasteiger partial charge in [0.2, 0.25) is 0 Å². The van der Waals surface area contributed by atoms with E-state index in [2.05, 4.69) is 4.18 Å². The molecular formula is C13H15F3O5S. The van der Waals surface area contributed by atoms with Crippen LogP contribution in [0.25, 0.3) is 0 Å². The topological polar surface area (TPSA) is 69.7 Å². The van der Waals surface area contributed by atoms with Crippen molar-refractivity contribution in [1.29, 1.82) is 0 Å². The Bertz CT molecular complexity index is 608. The number of alkyl halides is 3. The minimum Gasteiger partial charge on any atom is -0.465 e. The molecule has 0 fully saturated rings. The molecule has 0 spiro atoms. The van der Waals surface area contributed by atoms with Gasteiger partial charge in [0.15, 0.2) is 0 Å². The first-order valence-electron chi connectivity index (χ1n) is 6.22. The molecule has 0 aliphatic carbocycles. The van der Waals surface area contributed by atoms with Gasteiger partial charge in [0.1, 0.15) is 5.92 Å². The van der Waals surface area contributed by atoms with Gasteiger partial charge in [-0.3, -0.25) is 8.98 Å². The van der Waals surface area contributed by atoms with E-state index in [9.17, 15) is 26.4 Å². The Kier molecular flexibility index (Phi) is 5.95. The number of halogens is 3. The van der Waals surface area contributed by atoms with Crippen LogP contribution in [0.1, 0.15) is 24.0 Å². The highest BCUT2D eigenvalue weighted by Gasteiger charge is 2.31. The zero-order chi connectivity index (χ0) is 17.0. The summed E-state index contributed by atoms with van der Waals surface area (Å²) in [5, 5.41) is 0. The highest BCUT2D eigenvalue weighted by atomic mass is 32.2. The standard InChI is InChI=1S/C13H15F3O5S/c1-3-20-12(17)11(8-21-22(2,18)19)9-4-6-10(7-5-9)13(14,15)16/h4-7,11H,3,8H2,1-2H3. The van der Waals surface area contributed by atoms with Crippen LogP contribution >= 0.6 is 0 Å². The molecule has 0 heterocycles. The van der Waals surface area contributed by atoms with Gasteiger partial charge < -0.3 is 4.74 Å². The molecule has 0 bridgehead atoms. The number of esters is 1. The molecule has 0 radical (unpaired) electrons. The van der Waals surface area contributed by atoms with Crippen LogP contribution in [0.3, 0.4) is 0 Å². The molecule has 1 rings (SSSR count). The molecule has 1 aromatic carbocycles. The van der Waals surface area contributed by atoms with Gasteiger partial charge in [-0.1, -0.05) is 12.1 Å². The fourth-order valence-corrected chi connectivity index (χ4v) is 2.02. The molecule has 5 nitrogen and oxygen atoms in total. The number of carbonyl (C=O) groups is 1. The molecule has 1 unspecified atom stereocenters. The summed E-state index contributed by atoms with van der Waals surface area (Å²) in [5.74, 6) is -1.90. The van der Waals surface area contributed by atoms with Crippen LogP contribution in [0.4, 0.5) is 13.2 Å². The van der Waals surface area contributed by atoms with Crippen molar-refractivity contribution in [1.82, 2.24) is 0 Å². The second kappa shape index (κ2) is 7.10. The number of ether oxygens (including phenoxy) is 1. The van der Waals surface area contributed by atoms with Gasteiger partial charge in [-0.15, -0.1) is 0 Å². The molecule has 9 heteroatoms. The van der Waals surface area contributed by atoms with Gasteiger partial charge in [-0.25, -0.2) is 0 Å². The van der Waals surface area contributed by atoms with Crippen LogP contribution < -0.4 is 0 Å². The highest BCUT2D eigenvalue weighted by Crippen LogP contribution is 2.30. The molecular weight excluding hydrogens is 325 g/mol. The maximum Gasteiger partial charge on any atom is 0.416 e. The maximum atomic E-state index is 12.5. The van der Waals surface area contributed by atoms with Crippen molar-refractivity contribution in [3.05, 3.63) is 35.4 Å². The SMILES string of the molecule is CCOC(=O)C(COS(C)(=O)=O)c1ccc(C(F)(F)F)cc1. The van der Waals surface area contributed by atoms with E-state index < -0.39 is 40.4 Å². The molecule has 0 aliphatic rings. The lowest BCUT2D eigenvalue weighted by atomic mass is 9.99. The van der Waals surface area contributed by atoms with Crippen molar-refractivity contribution in [2.24, 2.45) is 0 Å². The average molecular weight is 340 g/mol. The minimum atomic E-state index is -4.50. The van der Waals surface area contributed by atoms with E-state index in [0.717, 1.165) is 30.5 Å². The largest absolute Gasteiger partial charge is 0.465 e. The Balaban J connectivity index is 3.02. The van der Waals surface area contributed by atoms with Crippen LogP contribution in [0.5, 0.6) is 0 Å². The van der Waals surface area contributed by atoms with Crippen molar-refractivity contribution in [2.75, 3.05) is 19.5 Å². The lowest BCUT2D eigenvalue weighted by molar-refractivity contribution is -0.145. The van der Waals surface area contributed by atoms with Gasteiger partial charge in [0, 0.05) is 0 Å². The monoisotopic (exact) mass is 340 g/mol. The molecule has 22 heavy (non-hydrogen) atoms. The number of hydrogen-bond acceptors (Lipinski definition) is 5. The summed E-state index contributed by atoms with van der Waals surface area (Å²) in [7, 11) is -3.79. The first kappa shape index (κ1) is 18.4. The minimum absolute atomic E-state index is 0.0504. The van der Waals surface area contributed by atoms with E-state index >= 15 is 0 Å². The molecule has 0 saturated carbocycles. The second-order valence-electron chi connectivity index (χ2n) is 4.41. The summed E-state index contributed by atoms with van der Waals surface area (Å²) < 4.78 is 68.9. The summed E-state index contributed by atoms with van der Waals surface area (Å²) in [6, 6.07) is 3.80. The summed E-state index contributed by atoms with van der Waals surface area (Å²) in [5.41, 5.74) is -0.696. The normalized spacial score (nSPS) is 13.7. The van der Waals surface area contributed by atoms with Crippen LogP contribution in [0.2, 0.25) is 0 Å². The maximum absolute atomic E-state index is 12.5. The van der Waals surface area contributed by atoms with E-state index in [1.54, 1.807) is 6.92 Å². The smallest absolute Gasteiger partial charge is 0.416 e. The Morgan fingerprint density at radius 1 is 1.23 bits per heavy atom. The van der Waals surface area contributed by atoms with E-state index in [4.69, 9.17) is 4.74 Å². The van der Waals surface area contributed by atoms with Crippen LogP contribution in [-0.2, 0) is 30.0 Å². The fraction of sp³-hybridized carbons (Fsp3) is 0.462. The van der Waals surface area contributed by atoms with Gasteiger partial charge in [0.05, 0.1) is 25.0 Å². The Morgan fingerprint density at radius 2 is 1.77 bits per heavy atom. The Morgan fingerprint density at radius 3 is 2.18 bits per heavy atom. The predicted octanol–water partition coefficient (Wildman–Crippen LogP) is 2.33. The summed E-state index contributed by atoms with van der Waals surface area (Å²) in [6.07, 6.45) is -3.69. The first-order chi connectivity index (χ1) is 10.0. The molecule has 1 atom stereocenters. The first-order valence-corrected chi connectivity index (χ1v) is 8.04. The zero-order valence-electron chi connectivity index (χ0n) is 11.9. The van der Waals surface area contributed by atoms with Crippen molar-refractivity contribution < 1.29 is 35.3 Å². The van der Waals surface area contributed by atoms with E-state index in [1.165, 1.54) is 0 Å². The molecule has 0 amide bonds. The molecule has 1 aromatic rings. The molecule has 0 N–H and O–H groups in total. The van der Waals surface area contributed by atoms with E-state index in [1.807, 2.05) is 0 Å². The third kappa shape index (κ3) is 5.64. The van der Waals surface area contributed by atoms with Gasteiger partial charge >= 0.3 is 12.1 Å². The number of carbonyl (C=O) groups excluding carboxylic acids is 1. The van der Waals surface area contributed by atoms with Crippen LogP contribution in [0, 0.1) is 0 Å².